The van der Waals surface area contributed by atoms with Crippen molar-refractivity contribution in [2.24, 2.45) is 0 Å². The quantitative estimate of drug-likeness (QED) is 0.753. The number of hydrogen-bond donors (Lipinski definition) is 2. The first-order valence-electron chi connectivity index (χ1n) is 10.2. The Morgan fingerprint density at radius 3 is 2.89 bits per heavy atom. The third-order valence-electron chi connectivity index (χ3n) is 5.27. The van der Waals surface area contributed by atoms with E-state index in [2.05, 4.69) is 34.3 Å². The summed E-state index contributed by atoms with van der Waals surface area (Å²) in [6.45, 7) is 5.22. The molecule has 0 saturated carbocycles. The normalized spacial score (nSPS) is 16.6. The zero-order valence-electron chi connectivity index (χ0n) is 16.8. The van der Waals surface area contributed by atoms with Crippen LogP contribution in [0.3, 0.4) is 0 Å². The maximum Gasteiger partial charge on any atom is 0.229 e. The van der Waals surface area contributed by atoms with E-state index in [4.69, 9.17) is 4.98 Å². The molecule has 0 radical (unpaired) electrons. The molecule has 1 aromatic carbocycles. The first-order valence-corrected chi connectivity index (χ1v) is 10.2. The summed E-state index contributed by atoms with van der Waals surface area (Å²) < 4.78 is 0. The lowest BCUT2D eigenvalue weighted by Gasteiger charge is -2.36. The Morgan fingerprint density at radius 2 is 2.14 bits per heavy atom. The number of aliphatic hydroxyl groups is 1. The number of benzene rings is 1. The number of nitrogens with one attached hydrogen (secondary N) is 1. The Morgan fingerprint density at radius 1 is 1.29 bits per heavy atom. The zero-order valence-corrected chi connectivity index (χ0v) is 16.8. The fourth-order valence-electron chi connectivity index (χ4n) is 3.77. The van der Waals surface area contributed by atoms with Crippen molar-refractivity contribution in [1.29, 1.82) is 5.26 Å². The van der Waals surface area contributed by atoms with Gasteiger partial charge in [0, 0.05) is 36.6 Å². The molecule has 3 rings (SSSR count). The maximum absolute atomic E-state index is 9.45. The van der Waals surface area contributed by atoms with Gasteiger partial charge in [0.25, 0.3) is 0 Å². The summed E-state index contributed by atoms with van der Waals surface area (Å²) in [7, 11) is 0. The fourth-order valence-corrected chi connectivity index (χ4v) is 3.77. The standard InChI is InChI=1S/C22H29N5O/c1-3-6-18-14-21(27-11-5-4-7-20(27)10-12-28)26-22(24-18)25-19-9-8-16(2)17(13-19)15-23/h8-9,13-14,20,28H,3-7,10-12H2,1-2H3,(H,24,25,26). The molecule has 1 unspecified atom stereocenters. The van der Waals surface area contributed by atoms with E-state index in [1.807, 2.05) is 25.1 Å². The van der Waals surface area contributed by atoms with Crippen molar-refractivity contribution < 1.29 is 5.11 Å². The van der Waals surface area contributed by atoms with E-state index in [1.165, 1.54) is 6.42 Å². The van der Waals surface area contributed by atoms with Crippen molar-refractivity contribution in [3.63, 3.8) is 0 Å². The van der Waals surface area contributed by atoms with Crippen molar-refractivity contribution in [1.82, 2.24) is 9.97 Å². The van der Waals surface area contributed by atoms with Crippen LogP contribution in [0.15, 0.2) is 24.3 Å². The fraction of sp³-hybridized carbons (Fsp3) is 0.500. The third kappa shape index (κ3) is 4.79. The number of aryl methyl sites for hydroxylation is 2. The van der Waals surface area contributed by atoms with Crippen molar-refractivity contribution in [3.8, 4) is 6.07 Å². The highest BCUT2D eigenvalue weighted by Gasteiger charge is 2.24. The van der Waals surface area contributed by atoms with Crippen LogP contribution in [0, 0.1) is 18.3 Å². The maximum atomic E-state index is 9.45. The average Bonchev–Trinajstić information content (AvgIpc) is 2.70. The number of piperidine rings is 1. The van der Waals surface area contributed by atoms with Gasteiger partial charge >= 0.3 is 0 Å². The SMILES string of the molecule is CCCc1cc(N2CCCCC2CCO)nc(Nc2ccc(C)c(C#N)c2)n1. The second-order valence-electron chi connectivity index (χ2n) is 7.41. The van der Waals surface area contributed by atoms with Crippen LogP contribution in [0.5, 0.6) is 0 Å². The molecular weight excluding hydrogens is 350 g/mol. The second kappa shape index (κ2) is 9.52. The lowest BCUT2D eigenvalue weighted by Crippen LogP contribution is -2.40. The first-order chi connectivity index (χ1) is 13.6. The molecular formula is C22H29N5O. The van der Waals surface area contributed by atoms with Crippen LogP contribution in [0.2, 0.25) is 0 Å². The summed E-state index contributed by atoms with van der Waals surface area (Å²) >= 11 is 0. The summed E-state index contributed by atoms with van der Waals surface area (Å²) in [5, 5.41) is 22.0. The predicted octanol–water partition coefficient (Wildman–Crippen LogP) is 4.09. The summed E-state index contributed by atoms with van der Waals surface area (Å²) in [4.78, 5) is 11.8. The largest absolute Gasteiger partial charge is 0.396 e. The van der Waals surface area contributed by atoms with E-state index < -0.39 is 0 Å². The lowest BCUT2D eigenvalue weighted by atomic mass is 9.99. The average molecular weight is 380 g/mol. The number of aromatic nitrogens is 2. The van der Waals surface area contributed by atoms with Crippen molar-refractivity contribution in [2.45, 2.75) is 58.4 Å². The molecule has 1 fully saturated rings. The Bertz CT molecular complexity index is 843. The molecule has 2 aromatic rings. The van der Waals surface area contributed by atoms with Gasteiger partial charge in [-0.2, -0.15) is 10.2 Å². The zero-order chi connectivity index (χ0) is 19.9. The monoisotopic (exact) mass is 379 g/mol. The molecule has 6 nitrogen and oxygen atoms in total. The van der Waals surface area contributed by atoms with Crippen LogP contribution in [-0.4, -0.2) is 34.3 Å². The number of hydrogen-bond acceptors (Lipinski definition) is 6. The van der Waals surface area contributed by atoms with Gasteiger partial charge in [0.05, 0.1) is 11.6 Å². The van der Waals surface area contributed by atoms with Crippen molar-refractivity contribution >= 4 is 17.5 Å². The van der Waals surface area contributed by atoms with Crippen LogP contribution < -0.4 is 10.2 Å². The molecule has 0 aliphatic carbocycles. The Balaban J connectivity index is 1.92. The van der Waals surface area contributed by atoms with Gasteiger partial charge in [-0.1, -0.05) is 19.4 Å². The van der Waals surface area contributed by atoms with Crippen molar-refractivity contribution in [3.05, 3.63) is 41.1 Å². The Kier molecular flexibility index (Phi) is 6.83. The van der Waals surface area contributed by atoms with Crippen LogP contribution >= 0.6 is 0 Å². The van der Waals surface area contributed by atoms with Gasteiger partial charge in [0.2, 0.25) is 5.95 Å². The minimum absolute atomic E-state index is 0.194. The molecule has 148 valence electrons. The van der Waals surface area contributed by atoms with E-state index in [1.54, 1.807) is 0 Å². The highest BCUT2D eigenvalue weighted by molar-refractivity contribution is 5.59. The highest BCUT2D eigenvalue weighted by Crippen LogP contribution is 2.27. The molecule has 0 amide bonds. The van der Waals surface area contributed by atoms with Gasteiger partial charge in [-0.3, -0.25) is 0 Å². The van der Waals surface area contributed by atoms with Crippen LogP contribution in [-0.2, 0) is 6.42 Å². The molecule has 1 atom stereocenters. The predicted molar refractivity (Wildman–Crippen MR) is 112 cm³/mol. The minimum atomic E-state index is 0.194. The number of anilines is 3. The lowest BCUT2D eigenvalue weighted by molar-refractivity contribution is 0.262. The van der Waals surface area contributed by atoms with Gasteiger partial charge in [0.1, 0.15) is 5.82 Å². The minimum Gasteiger partial charge on any atom is -0.396 e. The second-order valence-corrected chi connectivity index (χ2v) is 7.41. The van der Waals surface area contributed by atoms with Gasteiger partial charge in [-0.05, 0) is 56.7 Å². The van der Waals surface area contributed by atoms with Crippen LogP contribution in [0.4, 0.5) is 17.5 Å². The number of nitrogens with zero attached hydrogens (tertiary/aromatic N) is 4. The Labute approximate surface area is 167 Å². The van der Waals surface area contributed by atoms with Crippen molar-refractivity contribution in [2.75, 3.05) is 23.4 Å². The topological polar surface area (TPSA) is 85.1 Å². The third-order valence-corrected chi connectivity index (χ3v) is 5.27. The number of rotatable bonds is 7. The molecule has 2 N–H and O–H groups in total. The first kappa shape index (κ1) is 20.1. The highest BCUT2D eigenvalue weighted by atomic mass is 16.3. The van der Waals surface area contributed by atoms with E-state index in [-0.39, 0.29) is 6.61 Å². The summed E-state index contributed by atoms with van der Waals surface area (Å²) in [5.74, 6) is 1.48. The molecule has 28 heavy (non-hydrogen) atoms. The van der Waals surface area contributed by atoms with Gasteiger partial charge in [0.15, 0.2) is 0 Å². The number of aliphatic hydroxyl groups excluding tert-OH is 1. The molecule has 0 spiro atoms. The Hall–Kier alpha value is -2.65. The molecule has 1 aliphatic rings. The molecule has 0 bridgehead atoms. The molecule has 1 saturated heterocycles. The summed E-state index contributed by atoms with van der Waals surface area (Å²) in [6, 6.07) is 10.3. The van der Waals surface area contributed by atoms with Crippen LogP contribution in [0.25, 0.3) is 0 Å². The van der Waals surface area contributed by atoms with E-state index in [0.29, 0.717) is 17.6 Å². The summed E-state index contributed by atoms with van der Waals surface area (Å²) in [5.41, 5.74) is 3.42. The molecule has 6 heteroatoms. The molecule has 1 aliphatic heterocycles. The molecule has 1 aromatic heterocycles. The summed E-state index contributed by atoms with van der Waals surface area (Å²) in [6.07, 6.45) is 6.08. The van der Waals surface area contributed by atoms with Crippen LogP contribution in [0.1, 0.15) is 55.8 Å². The van der Waals surface area contributed by atoms with E-state index in [9.17, 15) is 10.4 Å². The number of nitriles is 1. The smallest absolute Gasteiger partial charge is 0.229 e. The van der Waals surface area contributed by atoms with Gasteiger partial charge in [-0.25, -0.2) is 4.98 Å². The molecule has 2 heterocycles. The van der Waals surface area contributed by atoms with E-state index >= 15 is 0 Å². The van der Waals surface area contributed by atoms with Gasteiger partial charge < -0.3 is 15.3 Å². The van der Waals surface area contributed by atoms with E-state index in [0.717, 1.165) is 61.4 Å². The van der Waals surface area contributed by atoms with Gasteiger partial charge in [-0.15, -0.1) is 0 Å².